The first-order valence-electron chi connectivity index (χ1n) is 8.61. The summed E-state index contributed by atoms with van der Waals surface area (Å²) in [6.45, 7) is 3.98. The Hall–Kier alpha value is -1.59. The second-order valence-corrected chi connectivity index (χ2v) is 7.09. The van der Waals surface area contributed by atoms with Crippen molar-refractivity contribution >= 4 is 29.9 Å². The quantitative estimate of drug-likeness (QED) is 0.819. The van der Waals surface area contributed by atoms with Gasteiger partial charge in [-0.2, -0.15) is 0 Å². The topological polar surface area (TPSA) is 58.4 Å². The molecule has 0 bridgehead atoms. The molecule has 2 aromatic rings. The zero-order chi connectivity index (χ0) is 17.8. The van der Waals surface area contributed by atoms with E-state index in [1.54, 1.807) is 0 Å². The number of hydrogen-bond acceptors (Lipinski definition) is 3. The minimum Gasteiger partial charge on any atom is -0.351 e. The zero-order valence-electron chi connectivity index (χ0n) is 14.8. The van der Waals surface area contributed by atoms with Crippen molar-refractivity contribution in [2.24, 2.45) is 5.73 Å². The molecule has 2 aromatic carbocycles. The van der Waals surface area contributed by atoms with Gasteiger partial charge in [0.2, 0.25) is 5.91 Å². The Kier molecular flexibility index (Phi) is 7.47. The molecule has 0 spiro atoms. The van der Waals surface area contributed by atoms with Gasteiger partial charge < -0.3 is 11.1 Å². The lowest BCUT2D eigenvalue weighted by atomic mass is 9.95. The molecule has 3 atom stereocenters. The smallest absolute Gasteiger partial charge is 0.237 e. The maximum absolute atomic E-state index is 12.5. The van der Waals surface area contributed by atoms with Gasteiger partial charge in [-0.1, -0.05) is 54.1 Å². The molecule has 0 aromatic heterocycles. The molecule has 1 fully saturated rings. The molecule has 0 radical (unpaired) electrons. The van der Waals surface area contributed by atoms with Gasteiger partial charge in [0, 0.05) is 36.6 Å². The Balaban J connectivity index is 0.00000243. The summed E-state index contributed by atoms with van der Waals surface area (Å²) < 4.78 is 0. The number of nitrogens with zero attached hydrogens (tertiary/aromatic N) is 1. The maximum atomic E-state index is 12.5. The third kappa shape index (κ3) is 4.98. The van der Waals surface area contributed by atoms with Crippen LogP contribution in [0.15, 0.2) is 54.6 Å². The van der Waals surface area contributed by atoms with Crippen molar-refractivity contribution in [3.8, 4) is 0 Å². The molecular formula is C20H25Cl2N3O. The van der Waals surface area contributed by atoms with Crippen LogP contribution in [-0.4, -0.2) is 36.0 Å². The fourth-order valence-electron chi connectivity index (χ4n) is 3.33. The largest absolute Gasteiger partial charge is 0.351 e. The first-order chi connectivity index (χ1) is 12.0. The lowest BCUT2D eigenvalue weighted by Gasteiger charge is -2.23. The van der Waals surface area contributed by atoms with Crippen LogP contribution in [0.25, 0.3) is 0 Å². The maximum Gasteiger partial charge on any atom is 0.237 e. The fraction of sp³-hybridized carbons (Fsp3) is 0.350. The molecule has 140 valence electrons. The molecule has 0 aliphatic carbocycles. The molecule has 6 heteroatoms. The van der Waals surface area contributed by atoms with Crippen LogP contribution in [0.2, 0.25) is 5.02 Å². The van der Waals surface area contributed by atoms with Crippen LogP contribution < -0.4 is 11.1 Å². The van der Waals surface area contributed by atoms with Gasteiger partial charge in [-0.15, -0.1) is 12.4 Å². The SMILES string of the molecule is CC(C(=O)NCc1ccc(Cl)cc1)N1C[C@@H](N)[C@H](c2ccccc2)C1.Cl. The van der Waals surface area contributed by atoms with Gasteiger partial charge in [0.15, 0.2) is 0 Å². The van der Waals surface area contributed by atoms with Crippen LogP contribution >= 0.6 is 24.0 Å². The van der Waals surface area contributed by atoms with Gasteiger partial charge in [-0.3, -0.25) is 9.69 Å². The second-order valence-electron chi connectivity index (χ2n) is 6.66. The number of rotatable bonds is 5. The zero-order valence-corrected chi connectivity index (χ0v) is 16.3. The van der Waals surface area contributed by atoms with Crippen LogP contribution in [0.3, 0.4) is 0 Å². The van der Waals surface area contributed by atoms with Crippen molar-refractivity contribution < 1.29 is 4.79 Å². The third-order valence-corrected chi connectivity index (χ3v) is 5.18. The molecule has 26 heavy (non-hydrogen) atoms. The van der Waals surface area contributed by atoms with E-state index in [1.165, 1.54) is 5.56 Å². The van der Waals surface area contributed by atoms with E-state index in [9.17, 15) is 4.79 Å². The van der Waals surface area contributed by atoms with E-state index in [4.69, 9.17) is 17.3 Å². The molecule has 3 rings (SSSR count). The molecular weight excluding hydrogens is 369 g/mol. The predicted molar refractivity (Wildman–Crippen MR) is 109 cm³/mol. The first-order valence-corrected chi connectivity index (χ1v) is 8.99. The minimum atomic E-state index is -0.202. The highest BCUT2D eigenvalue weighted by molar-refractivity contribution is 6.30. The average Bonchev–Trinajstić information content (AvgIpc) is 3.03. The van der Waals surface area contributed by atoms with Gasteiger partial charge in [-0.05, 0) is 30.2 Å². The summed E-state index contributed by atoms with van der Waals surface area (Å²) in [7, 11) is 0. The Morgan fingerprint density at radius 3 is 2.50 bits per heavy atom. The highest BCUT2D eigenvalue weighted by Gasteiger charge is 2.35. The number of hydrogen-bond donors (Lipinski definition) is 2. The molecule has 1 aliphatic rings. The summed E-state index contributed by atoms with van der Waals surface area (Å²) in [6, 6.07) is 17.6. The Morgan fingerprint density at radius 2 is 1.85 bits per heavy atom. The molecule has 4 nitrogen and oxygen atoms in total. The van der Waals surface area contributed by atoms with Crippen LogP contribution in [0.1, 0.15) is 24.0 Å². The Bertz CT molecular complexity index is 709. The monoisotopic (exact) mass is 393 g/mol. The number of carbonyl (C=O) groups is 1. The highest BCUT2D eigenvalue weighted by Crippen LogP contribution is 2.27. The number of likely N-dealkylation sites (tertiary alicyclic amines) is 1. The van der Waals surface area contributed by atoms with Crippen molar-refractivity contribution in [2.45, 2.75) is 31.5 Å². The second kappa shape index (κ2) is 9.38. The molecule has 1 amide bonds. The van der Waals surface area contributed by atoms with Crippen molar-refractivity contribution in [1.82, 2.24) is 10.2 Å². The number of nitrogens with two attached hydrogens (primary N) is 1. The molecule has 1 saturated heterocycles. The summed E-state index contributed by atoms with van der Waals surface area (Å²) >= 11 is 5.88. The molecule has 0 saturated carbocycles. The van der Waals surface area contributed by atoms with Gasteiger partial charge >= 0.3 is 0 Å². The number of nitrogens with one attached hydrogen (secondary N) is 1. The molecule has 1 aliphatic heterocycles. The minimum absolute atomic E-state index is 0. The lowest BCUT2D eigenvalue weighted by molar-refractivity contribution is -0.125. The third-order valence-electron chi connectivity index (χ3n) is 4.93. The van der Waals surface area contributed by atoms with Crippen molar-refractivity contribution in [1.29, 1.82) is 0 Å². The highest BCUT2D eigenvalue weighted by atomic mass is 35.5. The van der Waals surface area contributed by atoms with Crippen LogP contribution in [0.5, 0.6) is 0 Å². The van der Waals surface area contributed by atoms with Gasteiger partial charge in [0.25, 0.3) is 0 Å². The van der Waals surface area contributed by atoms with E-state index >= 15 is 0 Å². The number of amides is 1. The van der Waals surface area contributed by atoms with Crippen LogP contribution in [0.4, 0.5) is 0 Å². The van der Waals surface area contributed by atoms with E-state index in [0.29, 0.717) is 11.6 Å². The van der Waals surface area contributed by atoms with E-state index in [0.717, 1.165) is 18.7 Å². The number of carbonyl (C=O) groups excluding carboxylic acids is 1. The van der Waals surface area contributed by atoms with Crippen LogP contribution in [0, 0.1) is 0 Å². The Labute approximate surface area is 166 Å². The van der Waals surface area contributed by atoms with Gasteiger partial charge in [-0.25, -0.2) is 0 Å². The number of benzene rings is 2. The first kappa shape index (κ1) is 20.7. The molecule has 1 heterocycles. The van der Waals surface area contributed by atoms with E-state index < -0.39 is 0 Å². The van der Waals surface area contributed by atoms with Crippen molar-refractivity contribution in [3.05, 3.63) is 70.7 Å². The van der Waals surface area contributed by atoms with E-state index in [-0.39, 0.29) is 36.3 Å². The Morgan fingerprint density at radius 1 is 1.19 bits per heavy atom. The molecule has 3 N–H and O–H groups in total. The van der Waals surface area contributed by atoms with Gasteiger partial charge in [0.1, 0.15) is 0 Å². The van der Waals surface area contributed by atoms with Crippen molar-refractivity contribution in [2.75, 3.05) is 13.1 Å². The lowest BCUT2D eigenvalue weighted by Crippen LogP contribution is -2.44. The number of halogens is 2. The summed E-state index contributed by atoms with van der Waals surface area (Å²) in [5.41, 5.74) is 8.61. The normalized spacial score (nSPS) is 21.0. The summed E-state index contributed by atoms with van der Waals surface area (Å²) in [6.07, 6.45) is 0. The summed E-state index contributed by atoms with van der Waals surface area (Å²) in [5, 5.41) is 3.70. The summed E-state index contributed by atoms with van der Waals surface area (Å²) in [5.74, 6) is 0.295. The van der Waals surface area contributed by atoms with Crippen molar-refractivity contribution in [3.63, 3.8) is 0 Å². The average molecular weight is 394 g/mol. The predicted octanol–water partition coefficient (Wildman–Crippen LogP) is 3.19. The molecule has 1 unspecified atom stereocenters. The summed E-state index contributed by atoms with van der Waals surface area (Å²) in [4.78, 5) is 14.7. The standard InChI is InChI=1S/C20H24ClN3O.ClH/c1-14(20(25)23-11-15-7-9-17(21)10-8-15)24-12-18(19(22)13-24)16-5-3-2-4-6-16;/h2-10,14,18-19H,11-13,22H2,1H3,(H,23,25);1H/t14?,18-,19+;/m0./s1. The van der Waals surface area contributed by atoms with Gasteiger partial charge in [0.05, 0.1) is 6.04 Å². The fourth-order valence-corrected chi connectivity index (χ4v) is 3.46. The van der Waals surface area contributed by atoms with E-state index in [1.807, 2.05) is 49.4 Å². The van der Waals surface area contributed by atoms with E-state index in [2.05, 4.69) is 22.3 Å². The van der Waals surface area contributed by atoms with Crippen LogP contribution in [-0.2, 0) is 11.3 Å².